The summed E-state index contributed by atoms with van der Waals surface area (Å²) < 4.78 is 14.8. The maximum absolute atomic E-state index is 13.0. The first-order valence-electron chi connectivity index (χ1n) is 8.88. The standard InChI is InChI=1S/C19H23FN6S.HI/c1-3-21-19(24-13-18-23-12-14(2)27-18)22-10-8-16-9-11-26(25-16)17-6-4-15(20)5-7-17;/h4-7,9,11-12H,3,8,10,13H2,1-2H3,(H2,21,22,24);1H. The number of hydrogen-bond acceptors (Lipinski definition) is 4. The highest BCUT2D eigenvalue weighted by Gasteiger charge is 2.04. The lowest BCUT2D eigenvalue weighted by Crippen LogP contribution is -2.38. The number of halogens is 2. The molecule has 0 atom stereocenters. The summed E-state index contributed by atoms with van der Waals surface area (Å²) in [6.45, 7) is 6.15. The molecule has 0 bridgehead atoms. The molecule has 2 heterocycles. The molecule has 6 nitrogen and oxygen atoms in total. The second-order valence-corrected chi connectivity index (χ2v) is 7.28. The zero-order valence-electron chi connectivity index (χ0n) is 15.9. The minimum atomic E-state index is -0.251. The minimum Gasteiger partial charge on any atom is -0.357 e. The number of thiazole rings is 1. The van der Waals surface area contributed by atoms with Crippen LogP contribution >= 0.6 is 35.3 Å². The van der Waals surface area contributed by atoms with Crippen molar-refractivity contribution >= 4 is 41.3 Å². The maximum atomic E-state index is 13.0. The van der Waals surface area contributed by atoms with Gasteiger partial charge < -0.3 is 10.6 Å². The second-order valence-electron chi connectivity index (χ2n) is 5.96. The van der Waals surface area contributed by atoms with Crippen LogP contribution in [0.3, 0.4) is 0 Å². The summed E-state index contributed by atoms with van der Waals surface area (Å²) in [5.41, 5.74) is 1.79. The molecule has 28 heavy (non-hydrogen) atoms. The SMILES string of the molecule is CCNC(=NCc1ncc(C)s1)NCCc1ccn(-c2ccc(F)cc2)n1.I. The van der Waals surface area contributed by atoms with Crippen molar-refractivity contribution in [2.75, 3.05) is 13.1 Å². The summed E-state index contributed by atoms with van der Waals surface area (Å²) in [5.74, 6) is 0.516. The van der Waals surface area contributed by atoms with Gasteiger partial charge in [-0.2, -0.15) is 5.10 Å². The largest absolute Gasteiger partial charge is 0.357 e. The topological polar surface area (TPSA) is 67.1 Å². The lowest BCUT2D eigenvalue weighted by Gasteiger charge is -2.10. The first kappa shape index (κ1) is 22.3. The van der Waals surface area contributed by atoms with E-state index >= 15 is 0 Å². The van der Waals surface area contributed by atoms with E-state index < -0.39 is 0 Å². The second kappa shape index (κ2) is 11.1. The zero-order chi connectivity index (χ0) is 19.1. The maximum Gasteiger partial charge on any atom is 0.191 e. The molecule has 0 saturated carbocycles. The highest BCUT2D eigenvalue weighted by atomic mass is 127. The third-order valence-corrected chi connectivity index (χ3v) is 4.69. The van der Waals surface area contributed by atoms with Gasteiger partial charge in [0.15, 0.2) is 5.96 Å². The molecule has 0 spiro atoms. The Morgan fingerprint density at radius 3 is 2.68 bits per heavy atom. The van der Waals surface area contributed by atoms with E-state index in [0.29, 0.717) is 13.1 Å². The predicted molar refractivity (Wildman–Crippen MR) is 122 cm³/mol. The molecule has 0 aliphatic rings. The quantitative estimate of drug-likeness (QED) is 0.287. The predicted octanol–water partition coefficient (Wildman–Crippen LogP) is 3.69. The van der Waals surface area contributed by atoms with Gasteiger partial charge in [-0.3, -0.25) is 0 Å². The Kier molecular flexibility index (Phi) is 8.84. The van der Waals surface area contributed by atoms with Crippen LogP contribution in [0, 0.1) is 12.7 Å². The van der Waals surface area contributed by atoms with Gasteiger partial charge in [-0.05, 0) is 44.2 Å². The van der Waals surface area contributed by atoms with Gasteiger partial charge in [-0.1, -0.05) is 0 Å². The number of nitrogens with one attached hydrogen (secondary N) is 2. The number of rotatable bonds is 7. The molecule has 0 fully saturated rings. The van der Waals surface area contributed by atoms with Gasteiger partial charge >= 0.3 is 0 Å². The van der Waals surface area contributed by atoms with Crippen molar-refractivity contribution in [3.05, 3.63) is 64.1 Å². The van der Waals surface area contributed by atoms with Gasteiger partial charge in [-0.15, -0.1) is 35.3 Å². The van der Waals surface area contributed by atoms with E-state index in [1.807, 2.05) is 32.3 Å². The van der Waals surface area contributed by atoms with Crippen LogP contribution in [0.4, 0.5) is 4.39 Å². The molecule has 9 heteroatoms. The normalized spacial score (nSPS) is 11.2. The first-order chi connectivity index (χ1) is 13.1. The Hall–Kier alpha value is -2.01. The van der Waals surface area contributed by atoms with E-state index in [2.05, 4.69) is 25.7 Å². The third-order valence-electron chi connectivity index (χ3n) is 3.79. The Morgan fingerprint density at radius 1 is 1.21 bits per heavy atom. The summed E-state index contributed by atoms with van der Waals surface area (Å²) in [4.78, 5) is 10.1. The molecule has 0 amide bonds. The van der Waals surface area contributed by atoms with E-state index in [1.165, 1.54) is 17.0 Å². The van der Waals surface area contributed by atoms with Crippen LogP contribution in [0.2, 0.25) is 0 Å². The van der Waals surface area contributed by atoms with Crippen molar-refractivity contribution in [2.45, 2.75) is 26.8 Å². The van der Waals surface area contributed by atoms with Crippen LogP contribution in [-0.2, 0) is 13.0 Å². The van der Waals surface area contributed by atoms with Gasteiger partial charge in [0, 0.05) is 36.8 Å². The molecule has 2 N–H and O–H groups in total. The molecule has 2 aromatic heterocycles. The summed E-state index contributed by atoms with van der Waals surface area (Å²) in [7, 11) is 0. The molecule has 0 saturated heterocycles. The number of nitrogens with zero attached hydrogens (tertiary/aromatic N) is 4. The highest BCUT2D eigenvalue weighted by Crippen LogP contribution is 2.12. The number of aromatic nitrogens is 3. The summed E-state index contributed by atoms with van der Waals surface area (Å²) in [6.07, 6.45) is 4.51. The lowest BCUT2D eigenvalue weighted by molar-refractivity contribution is 0.627. The minimum absolute atomic E-state index is 0. The monoisotopic (exact) mass is 514 g/mol. The average molecular weight is 514 g/mol. The zero-order valence-corrected chi connectivity index (χ0v) is 19.0. The van der Waals surface area contributed by atoms with Gasteiger partial charge in [-0.25, -0.2) is 19.0 Å². The number of aryl methyl sites for hydroxylation is 1. The Bertz CT molecular complexity index is 890. The van der Waals surface area contributed by atoms with E-state index in [9.17, 15) is 4.39 Å². The van der Waals surface area contributed by atoms with Crippen LogP contribution in [-0.4, -0.2) is 33.8 Å². The number of guanidine groups is 1. The molecule has 0 aliphatic heterocycles. The molecular formula is C19H24FIN6S. The van der Waals surface area contributed by atoms with Crippen LogP contribution in [0.25, 0.3) is 5.69 Å². The molecule has 3 aromatic rings. The van der Waals surface area contributed by atoms with Gasteiger partial charge in [0.2, 0.25) is 0 Å². The van der Waals surface area contributed by atoms with Crippen LogP contribution in [0.5, 0.6) is 0 Å². The van der Waals surface area contributed by atoms with Crippen LogP contribution in [0.1, 0.15) is 22.5 Å². The van der Waals surface area contributed by atoms with Crippen molar-refractivity contribution in [1.29, 1.82) is 0 Å². The Labute approximate surface area is 185 Å². The van der Waals surface area contributed by atoms with Crippen molar-refractivity contribution in [1.82, 2.24) is 25.4 Å². The summed E-state index contributed by atoms with van der Waals surface area (Å²) >= 11 is 1.66. The fourth-order valence-electron chi connectivity index (χ4n) is 2.50. The van der Waals surface area contributed by atoms with Crippen molar-refractivity contribution in [3.8, 4) is 5.69 Å². The van der Waals surface area contributed by atoms with E-state index in [0.717, 1.165) is 35.3 Å². The molecule has 0 aliphatic carbocycles. The Balaban J connectivity index is 0.00000280. The fourth-order valence-corrected chi connectivity index (χ4v) is 3.22. The number of benzene rings is 1. The van der Waals surface area contributed by atoms with Gasteiger partial charge in [0.1, 0.15) is 10.8 Å². The first-order valence-corrected chi connectivity index (χ1v) is 9.69. The Morgan fingerprint density at radius 2 is 2.00 bits per heavy atom. The average Bonchev–Trinajstić information content (AvgIpc) is 3.29. The lowest BCUT2D eigenvalue weighted by atomic mass is 10.3. The molecular weight excluding hydrogens is 490 g/mol. The van der Waals surface area contributed by atoms with Crippen molar-refractivity contribution in [3.63, 3.8) is 0 Å². The number of hydrogen-bond donors (Lipinski definition) is 2. The molecule has 0 radical (unpaired) electrons. The van der Waals surface area contributed by atoms with Crippen LogP contribution < -0.4 is 10.6 Å². The van der Waals surface area contributed by atoms with E-state index in [1.54, 1.807) is 28.2 Å². The van der Waals surface area contributed by atoms with Gasteiger partial charge in [0.25, 0.3) is 0 Å². The van der Waals surface area contributed by atoms with Crippen molar-refractivity contribution in [2.24, 2.45) is 4.99 Å². The smallest absolute Gasteiger partial charge is 0.191 e. The molecule has 150 valence electrons. The summed E-state index contributed by atoms with van der Waals surface area (Å²) in [6, 6.07) is 8.25. The van der Waals surface area contributed by atoms with E-state index in [-0.39, 0.29) is 29.8 Å². The highest BCUT2D eigenvalue weighted by molar-refractivity contribution is 14.0. The van der Waals surface area contributed by atoms with Crippen molar-refractivity contribution < 1.29 is 4.39 Å². The fraction of sp³-hybridized carbons (Fsp3) is 0.316. The summed E-state index contributed by atoms with van der Waals surface area (Å²) in [5, 5.41) is 12.1. The molecule has 3 rings (SSSR count). The molecule has 1 aromatic carbocycles. The third kappa shape index (κ3) is 6.55. The number of aliphatic imine (C=N–C) groups is 1. The van der Waals surface area contributed by atoms with Crippen LogP contribution in [0.15, 0.2) is 47.7 Å². The van der Waals surface area contributed by atoms with E-state index in [4.69, 9.17) is 0 Å². The van der Waals surface area contributed by atoms with Gasteiger partial charge in [0.05, 0.1) is 17.9 Å². The molecule has 0 unspecified atom stereocenters.